The van der Waals surface area contributed by atoms with E-state index in [0.717, 1.165) is 24.3 Å². The van der Waals surface area contributed by atoms with Gasteiger partial charge in [-0.3, -0.25) is 14.9 Å². The second-order valence-corrected chi connectivity index (χ2v) is 4.72. The monoisotopic (exact) mass is 333 g/mol. The molecule has 0 aliphatic carbocycles. The van der Waals surface area contributed by atoms with Crippen LogP contribution in [0.2, 0.25) is 0 Å². The van der Waals surface area contributed by atoms with Gasteiger partial charge in [-0.2, -0.15) is 0 Å². The van der Waals surface area contributed by atoms with Crippen molar-refractivity contribution in [3.8, 4) is 0 Å². The third-order valence-corrected chi connectivity index (χ3v) is 2.97. The zero-order chi connectivity index (χ0) is 17.7. The first-order valence-electron chi connectivity index (χ1n) is 6.79. The highest BCUT2D eigenvalue weighted by atomic mass is 19.1. The van der Waals surface area contributed by atoms with Crippen LogP contribution in [0.25, 0.3) is 6.08 Å². The SMILES string of the molecule is C[C@H](OC(=O)/C=C/c1ccc([N+](=O)[O-])o1)C(=O)c1ccc(F)cc1. The minimum Gasteiger partial charge on any atom is -0.451 e. The summed E-state index contributed by atoms with van der Waals surface area (Å²) in [5.41, 5.74) is 0.210. The number of ether oxygens (including phenoxy) is 1. The molecular formula is C16H12FNO6. The van der Waals surface area contributed by atoms with Gasteiger partial charge in [0, 0.05) is 11.6 Å². The highest BCUT2D eigenvalue weighted by Crippen LogP contribution is 2.16. The molecule has 2 rings (SSSR count). The van der Waals surface area contributed by atoms with Gasteiger partial charge in [0.25, 0.3) is 0 Å². The van der Waals surface area contributed by atoms with Gasteiger partial charge in [0.15, 0.2) is 6.10 Å². The fraction of sp³-hybridized carbons (Fsp3) is 0.125. The summed E-state index contributed by atoms with van der Waals surface area (Å²) in [6.45, 7) is 1.38. The van der Waals surface area contributed by atoms with E-state index in [0.29, 0.717) is 0 Å². The van der Waals surface area contributed by atoms with Crippen molar-refractivity contribution < 1.29 is 28.1 Å². The van der Waals surface area contributed by atoms with Gasteiger partial charge in [0.05, 0.1) is 6.07 Å². The van der Waals surface area contributed by atoms with Crippen molar-refractivity contribution in [3.05, 3.63) is 69.7 Å². The maximum absolute atomic E-state index is 12.8. The number of halogens is 1. The lowest BCUT2D eigenvalue weighted by Gasteiger charge is -2.10. The minimum absolute atomic E-state index is 0.0937. The quantitative estimate of drug-likeness (QED) is 0.265. The predicted molar refractivity (Wildman–Crippen MR) is 80.7 cm³/mol. The summed E-state index contributed by atoms with van der Waals surface area (Å²) in [6.07, 6.45) is 1.10. The number of furan rings is 1. The van der Waals surface area contributed by atoms with Crippen LogP contribution in [0.15, 0.2) is 46.9 Å². The van der Waals surface area contributed by atoms with Crippen LogP contribution in [0.1, 0.15) is 23.0 Å². The van der Waals surface area contributed by atoms with Gasteiger partial charge in [-0.15, -0.1) is 0 Å². The molecule has 7 nitrogen and oxygen atoms in total. The molecule has 0 radical (unpaired) electrons. The maximum Gasteiger partial charge on any atom is 0.433 e. The molecule has 1 aromatic heterocycles. The van der Waals surface area contributed by atoms with Crippen molar-refractivity contribution in [2.24, 2.45) is 0 Å². The van der Waals surface area contributed by atoms with Crippen LogP contribution in [-0.2, 0) is 9.53 Å². The molecule has 0 aliphatic rings. The van der Waals surface area contributed by atoms with Crippen LogP contribution >= 0.6 is 0 Å². The van der Waals surface area contributed by atoms with Gasteiger partial charge < -0.3 is 9.15 Å². The Morgan fingerprint density at radius 2 is 1.92 bits per heavy atom. The number of Topliss-reactive ketones (excluding diaryl/α,β-unsaturated/α-hetero) is 1. The summed E-state index contributed by atoms with van der Waals surface area (Å²) in [6, 6.07) is 7.30. The highest BCUT2D eigenvalue weighted by Gasteiger charge is 2.18. The zero-order valence-electron chi connectivity index (χ0n) is 12.5. The normalized spacial score (nSPS) is 12.1. The standard InChI is InChI=1S/C16H12FNO6/c1-10(16(20)11-2-4-12(17)5-3-11)23-15(19)9-7-13-6-8-14(24-13)18(21)22/h2-10H,1H3/b9-7+/t10-/m0/s1. The lowest BCUT2D eigenvalue weighted by atomic mass is 10.1. The molecule has 0 fully saturated rings. The Morgan fingerprint density at radius 1 is 1.25 bits per heavy atom. The molecule has 2 aromatic rings. The first-order valence-corrected chi connectivity index (χ1v) is 6.79. The Bertz CT molecular complexity index is 793. The number of carbonyl (C=O) groups excluding carboxylic acids is 2. The molecule has 1 aromatic carbocycles. The molecule has 0 saturated carbocycles. The van der Waals surface area contributed by atoms with E-state index in [2.05, 4.69) is 0 Å². The van der Waals surface area contributed by atoms with Gasteiger partial charge in [0.2, 0.25) is 5.78 Å². The number of nitro groups is 1. The zero-order valence-corrected chi connectivity index (χ0v) is 12.5. The fourth-order valence-corrected chi connectivity index (χ4v) is 1.80. The number of esters is 1. The number of benzene rings is 1. The summed E-state index contributed by atoms with van der Waals surface area (Å²) in [5, 5.41) is 10.5. The molecular weight excluding hydrogens is 321 g/mol. The molecule has 0 bridgehead atoms. The summed E-state index contributed by atoms with van der Waals surface area (Å²) < 4.78 is 22.6. The van der Waals surface area contributed by atoms with Gasteiger partial charge in [0.1, 0.15) is 16.5 Å². The van der Waals surface area contributed by atoms with Crippen LogP contribution in [0.3, 0.4) is 0 Å². The second-order valence-electron chi connectivity index (χ2n) is 4.72. The van der Waals surface area contributed by atoms with Crippen LogP contribution in [0, 0.1) is 15.9 Å². The van der Waals surface area contributed by atoms with E-state index < -0.39 is 34.5 Å². The largest absolute Gasteiger partial charge is 0.451 e. The number of hydrogen-bond donors (Lipinski definition) is 0. The van der Waals surface area contributed by atoms with Crippen LogP contribution in [0.4, 0.5) is 10.3 Å². The molecule has 8 heteroatoms. The van der Waals surface area contributed by atoms with E-state index in [4.69, 9.17) is 9.15 Å². The molecule has 0 unspecified atom stereocenters. The molecule has 0 spiro atoms. The lowest BCUT2D eigenvalue weighted by Crippen LogP contribution is -2.23. The molecule has 1 heterocycles. The fourth-order valence-electron chi connectivity index (χ4n) is 1.80. The van der Waals surface area contributed by atoms with Crippen LogP contribution in [-0.4, -0.2) is 22.8 Å². The van der Waals surface area contributed by atoms with Crippen molar-refractivity contribution >= 4 is 23.7 Å². The Balaban J connectivity index is 1.95. The van der Waals surface area contributed by atoms with Crippen LogP contribution in [0.5, 0.6) is 0 Å². The van der Waals surface area contributed by atoms with E-state index in [-0.39, 0.29) is 11.3 Å². The van der Waals surface area contributed by atoms with Gasteiger partial charge in [-0.05, 0) is 43.3 Å². The van der Waals surface area contributed by atoms with E-state index in [1.165, 1.54) is 31.2 Å². The Hall–Kier alpha value is -3.29. The maximum atomic E-state index is 12.8. The Labute approximate surface area is 135 Å². The van der Waals surface area contributed by atoms with Crippen molar-refractivity contribution in [1.29, 1.82) is 0 Å². The van der Waals surface area contributed by atoms with Crippen molar-refractivity contribution in [1.82, 2.24) is 0 Å². The minimum atomic E-state index is -1.07. The molecule has 24 heavy (non-hydrogen) atoms. The molecule has 0 amide bonds. The number of nitrogens with zero attached hydrogens (tertiary/aromatic N) is 1. The number of hydrogen-bond acceptors (Lipinski definition) is 6. The average molecular weight is 333 g/mol. The molecule has 124 valence electrons. The van der Waals surface area contributed by atoms with E-state index >= 15 is 0 Å². The third kappa shape index (κ3) is 4.35. The molecule has 0 aliphatic heterocycles. The van der Waals surface area contributed by atoms with Gasteiger partial charge in [-0.1, -0.05) is 0 Å². The van der Waals surface area contributed by atoms with Gasteiger partial charge >= 0.3 is 11.9 Å². The van der Waals surface area contributed by atoms with Crippen molar-refractivity contribution in [2.45, 2.75) is 13.0 Å². The summed E-state index contributed by atoms with van der Waals surface area (Å²) >= 11 is 0. The summed E-state index contributed by atoms with van der Waals surface area (Å²) in [4.78, 5) is 33.4. The van der Waals surface area contributed by atoms with Crippen LogP contribution < -0.4 is 0 Å². The van der Waals surface area contributed by atoms with E-state index in [1.54, 1.807) is 0 Å². The average Bonchev–Trinajstić information content (AvgIpc) is 3.02. The number of carbonyl (C=O) groups is 2. The summed E-state index contributed by atoms with van der Waals surface area (Å²) in [7, 11) is 0. The van der Waals surface area contributed by atoms with E-state index in [9.17, 15) is 24.1 Å². The molecule has 0 N–H and O–H groups in total. The second kappa shape index (κ2) is 7.32. The topological polar surface area (TPSA) is 99.7 Å². The first-order chi connectivity index (χ1) is 11.4. The van der Waals surface area contributed by atoms with Crippen molar-refractivity contribution in [2.75, 3.05) is 0 Å². The van der Waals surface area contributed by atoms with Crippen molar-refractivity contribution in [3.63, 3.8) is 0 Å². The smallest absolute Gasteiger partial charge is 0.433 e. The van der Waals surface area contributed by atoms with Gasteiger partial charge in [-0.25, -0.2) is 9.18 Å². The predicted octanol–water partition coefficient (Wildman–Crippen LogP) is 3.15. The third-order valence-electron chi connectivity index (χ3n) is 2.97. The first kappa shape index (κ1) is 17.1. The molecule has 1 atom stereocenters. The number of rotatable bonds is 6. The van der Waals surface area contributed by atoms with E-state index in [1.807, 2.05) is 0 Å². The number of ketones is 1. The summed E-state index contributed by atoms with van der Waals surface area (Å²) in [5.74, 6) is -2.15. The Morgan fingerprint density at radius 3 is 2.50 bits per heavy atom. The lowest BCUT2D eigenvalue weighted by molar-refractivity contribution is -0.402. The Kier molecular flexibility index (Phi) is 5.20. The highest BCUT2D eigenvalue weighted by molar-refractivity contribution is 6.00. The molecule has 0 saturated heterocycles.